The van der Waals surface area contributed by atoms with Gasteiger partial charge in [-0.1, -0.05) is 12.2 Å². The fourth-order valence-electron chi connectivity index (χ4n) is 2.00. The van der Waals surface area contributed by atoms with Crippen molar-refractivity contribution in [3.63, 3.8) is 0 Å². The second-order valence-corrected chi connectivity index (χ2v) is 4.09. The van der Waals surface area contributed by atoms with E-state index in [0.29, 0.717) is 11.3 Å². The summed E-state index contributed by atoms with van der Waals surface area (Å²) in [5.74, 6) is 1.34. The summed E-state index contributed by atoms with van der Waals surface area (Å²) >= 11 is 11.2. The molecular weight excluding hydrogens is 152 g/mol. The Morgan fingerprint density at radius 1 is 1.44 bits per heavy atom. The van der Waals surface area contributed by atoms with Gasteiger partial charge in [-0.05, 0) is 30.0 Å². The number of hydrogen-bond acceptors (Lipinski definition) is 1. The van der Waals surface area contributed by atoms with Crippen LogP contribution in [0.5, 0.6) is 0 Å². The first-order valence-electron chi connectivity index (χ1n) is 3.46. The molecule has 0 aromatic rings. The standard InChI is InChI=1S/C7H9ClS/c8-7-4-1-2-5(7)6(9)3-4/h4-5,7H,1-3H2/t4-,5+,7+/m1/s1. The summed E-state index contributed by atoms with van der Waals surface area (Å²) in [5.41, 5.74) is 0. The normalized spacial score (nSPS) is 48.6. The average molecular weight is 161 g/mol. The second-order valence-electron chi connectivity index (χ2n) is 3.06. The van der Waals surface area contributed by atoms with Gasteiger partial charge < -0.3 is 0 Å². The van der Waals surface area contributed by atoms with Gasteiger partial charge in [0.25, 0.3) is 0 Å². The Morgan fingerprint density at radius 3 is 2.44 bits per heavy atom. The summed E-state index contributed by atoms with van der Waals surface area (Å²) in [5, 5.41) is 0.400. The van der Waals surface area contributed by atoms with E-state index in [9.17, 15) is 0 Å². The molecular formula is C7H9ClS. The topological polar surface area (TPSA) is 0 Å². The van der Waals surface area contributed by atoms with Gasteiger partial charge >= 0.3 is 0 Å². The molecule has 2 aliphatic rings. The smallest absolute Gasteiger partial charge is 0.0441 e. The molecule has 0 heterocycles. The van der Waals surface area contributed by atoms with Gasteiger partial charge in [-0.15, -0.1) is 11.6 Å². The van der Waals surface area contributed by atoms with Gasteiger partial charge in [0.1, 0.15) is 0 Å². The molecule has 50 valence electrons. The van der Waals surface area contributed by atoms with Crippen molar-refractivity contribution in [2.45, 2.75) is 24.6 Å². The van der Waals surface area contributed by atoms with E-state index in [1.807, 2.05) is 0 Å². The lowest BCUT2D eigenvalue weighted by Crippen LogP contribution is -2.08. The van der Waals surface area contributed by atoms with Gasteiger partial charge in [-0.25, -0.2) is 0 Å². The van der Waals surface area contributed by atoms with E-state index >= 15 is 0 Å². The molecule has 2 aliphatic carbocycles. The SMILES string of the molecule is S=C1C[C@H]2CC[C@@H]1[C@H]2Cl. The molecule has 0 aromatic heterocycles. The molecule has 0 aliphatic heterocycles. The van der Waals surface area contributed by atoms with Gasteiger partial charge in [0.05, 0.1) is 0 Å². The Morgan fingerprint density at radius 2 is 2.22 bits per heavy atom. The molecule has 0 amide bonds. The first-order valence-corrected chi connectivity index (χ1v) is 4.30. The van der Waals surface area contributed by atoms with E-state index < -0.39 is 0 Å². The third kappa shape index (κ3) is 0.746. The summed E-state index contributed by atoms with van der Waals surface area (Å²) in [4.78, 5) is 1.24. The van der Waals surface area contributed by atoms with Crippen LogP contribution in [-0.2, 0) is 0 Å². The maximum Gasteiger partial charge on any atom is 0.0441 e. The lowest BCUT2D eigenvalue weighted by Gasteiger charge is -2.07. The highest BCUT2D eigenvalue weighted by Crippen LogP contribution is 2.46. The summed E-state index contributed by atoms with van der Waals surface area (Å²) in [6, 6.07) is 0. The van der Waals surface area contributed by atoms with Crippen molar-refractivity contribution in [1.82, 2.24) is 0 Å². The molecule has 2 saturated carbocycles. The fraction of sp³-hybridized carbons (Fsp3) is 0.857. The van der Waals surface area contributed by atoms with E-state index in [0.717, 1.165) is 12.3 Å². The molecule has 2 rings (SSSR count). The lowest BCUT2D eigenvalue weighted by molar-refractivity contribution is 0.598. The maximum atomic E-state index is 6.08. The molecule has 0 saturated heterocycles. The van der Waals surface area contributed by atoms with Crippen LogP contribution in [0, 0.1) is 11.8 Å². The molecule has 2 fully saturated rings. The number of halogens is 1. The third-order valence-corrected chi connectivity index (χ3v) is 3.69. The third-order valence-electron chi connectivity index (χ3n) is 2.56. The van der Waals surface area contributed by atoms with Gasteiger partial charge in [0.2, 0.25) is 0 Å². The zero-order valence-corrected chi connectivity index (χ0v) is 6.71. The largest absolute Gasteiger partial charge is 0.122 e. The van der Waals surface area contributed by atoms with Crippen LogP contribution in [-0.4, -0.2) is 10.2 Å². The van der Waals surface area contributed by atoms with Crippen molar-refractivity contribution < 1.29 is 0 Å². The molecule has 0 N–H and O–H groups in total. The highest BCUT2D eigenvalue weighted by Gasteiger charge is 2.43. The molecule has 2 bridgehead atoms. The van der Waals surface area contributed by atoms with Crippen LogP contribution >= 0.6 is 23.8 Å². The zero-order chi connectivity index (χ0) is 6.43. The van der Waals surface area contributed by atoms with E-state index in [1.54, 1.807) is 0 Å². The molecule has 0 aromatic carbocycles. The number of rotatable bonds is 0. The summed E-state index contributed by atoms with van der Waals surface area (Å²) in [7, 11) is 0. The first kappa shape index (κ1) is 6.11. The van der Waals surface area contributed by atoms with Crippen molar-refractivity contribution >= 4 is 28.7 Å². The van der Waals surface area contributed by atoms with Crippen molar-refractivity contribution in [1.29, 1.82) is 0 Å². The number of hydrogen-bond donors (Lipinski definition) is 0. The minimum atomic E-state index is 0.400. The Hall–Kier alpha value is 0.380. The quantitative estimate of drug-likeness (QED) is 0.388. The minimum Gasteiger partial charge on any atom is -0.122 e. The first-order chi connectivity index (χ1) is 4.29. The van der Waals surface area contributed by atoms with Crippen molar-refractivity contribution in [2.75, 3.05) is 0 Å². The molecule has 0 spiro atoms. The summed E-state index contributed by atoms with van der Waals surface area (Å²) in [6.07, 6.45) is 3.71. The van der Waals surface area contributed by atoms with Gasteiger partial charge in [0.15, 0.2) is 0 Å². The van der Waals surface area contributed by atoms with Crippen LogP contribution < -0.4 is 0 Å². The summed E-state index contributed by atoms with van der Waals surface area (Å²) < 4.78 is 0. The van der Waals surface area contributed by atoms with Crippen LogP contribution in [0.3, 0.4) is 0 Å². The Balaban J connectivity index is 2.26. The maximum absolute atomic E-state index is 6.08. The molecule has 3 atom stereocenters. The average Bonchev–Trinajstić information content (AvgIpc) is 2.25. The summed E-state index contributed by atoms with van der Waals surface area (Å²) in [6.45, 7) is 0. The predicted octanol–water partition coefficient (Wildman–Crippen LogP) is 2.39. The highest BCUT2D eigenvalue weighted by molar-refractivity contribution is 7.80. The van der Waals surface area contributed by atoms with Crippen LogP contribution in [0.1, 0.15) is 19.3 Å². The Labute approximate surface area is 65.6 Å². The van der Waals surface area contributed by atoms with Crippen LogP contribution in [0.15, 0.2) is 0 Å². The van der Waals surface area contributed by atoms with Crippen LogP contribution in [0.25, 0.3) is 0 Å². The Kier molecular flexibility index (Phi) is 1.31. The fourth-order valence-corrected chi connectivity index (χ4v) is 3.05. The van der Waals surface area contributed by atoms with Crippen molar-refractivity contribution in [2.24, 2.45) is 11.8 Å². The van der Waals surface area contributed by atoms with Gasteiger partial charge in [-0.3, -0.25) is 0 Å². The van der Waals surface area contributed by atoms with Crippen molar-refractivity contribution in [3.8, 4) is 0 Å². The monoisotopic (exact) mass is 160 g/mol. The van der Waals surface area contributed by atoms with E-state index in [4.69, 9.17) is 23.8 Å². The molecule has 0 unspecified atom stereocenters. The van der Waals surface area contributed by atoms with Crippen LogP contribution in [0.4, 0.5) is 0 Å². The highest BCUT2D eigenvalue weighted by atomic mass is 35.5. The molecule has 0 radical (unpaired) electrons. The number of alkyl halides is 1. The zero-order valence-electron chi connectivity index (χ0n) is 5.14. The van der Waals surface area contributed by atoms with Crippen LogP contribution in [0.2, 0.25) is 0 Å². The van der Waals surface area contributed by atoms with E-state index in [1.165, 1.54) is 17.7 Å². The Bertz CT molecular complexity index is 155. The number of thiocarbonyl (C=S) groups is 1. The minimum absolute atomic E-state index is 0.400. The molecule has 0 nitrogen and oxygen atoms in total. The predicted molar refractivity (Wildman–Crippen MR) is 43.1 cm³/mol. The molecule has 9 heavy (non-hydrogen) atoms. The van der Waals surface area contributed by atoms with E-state index in [-0.39, 0.29) is 0 Å². The molecule has 2 heteroatoms. The van der Waals surface area contributed by atoms with Gasteiger partial charge in [-0.2, -0.15) is 0 Å². The van der Waals surface area contributed by atoms with Crippen molar-refractivity contribution in [3.05, 3.63) is 0 Å². The van der Waals surface area contributed by atoms with E-state index in [2.05, 4.69) is 0 Å². The van der Waals surface area contributed by atoms with Gasteiger partial charge in [0, 0.05) is 11.3 Å². The number of fused-ring (bicyclic) bond motifs is 2. The second kappa shape index (κ2) is 1.93. The lowest BCUT2D eigenvalue weighted by atomic mass is 10.0.